The Hall–Kier alpha value is -4.83. The number of pyridine rings is 1. The summed E-state index contributed by atoms with van der Waals surface area (Å²) in [6, 6.07) is 17.7. The van der Waals surface area contributed by atoms with E-state index in [2.05, 4.69) is 27.2 Å². The van der Waals surface area contributed by atoms with E-state index < -0.39 is 5.91 Å². The first kappa shape index (κ1) is 25.4. The molecule has 40 heavy (non-hydrogen) atoms. The molecule has 2 aliphatic rings. The van der Waals surface area contributed by atoms with Crippen molar-refractivity contribution in [2.45, 2.75) is 31.7 Å². The number of aromatic nitrogens is 1. The molecule has 200 valence electrons. The largest absolute Gasteiger partial charge is 0.457 e. The summed E-state index contributed by atoms with van der Waals surface area (Å²) >= 11 is 1.21. The first-order valence-corrected chi connectivity index (χ1v) is 13.7. The number of ether oxygens (including phenoxy) is 1. The summed E-state index contributed by atoms with van der Waals surface area (Å²) in [5, 5.41) is 6.64. The molecule has 6 rings (SSSR count). The number of hydrogen-bond donors (Lipinski definition) is 2. The van der Waals surface area contributed by atoms with E-state index in [1.807, 2.05) is 42.5 Å². The second kappa shape index (κ2) is 10.7. The van der Waals surface area contributed by atoms with E-state index in [1.54, 1.807) is 29.3 Å². The van der Waals surface area contributed by atoms with Crippen molar-refractivity contribution in [2.75, 3.05) is 10.2 Å². The van der Waals surface area contributed by atoms with Gasteiger partial charge in [-0.05, 0) is 67.8 Å². The van der Waals surface area contributed by atoms with Crippen molar-refractivity contribution in [1.82, 2.24) is 10.3 Å². The SMILES string of the molecule is C=CC(=O)N=C1CCCC[C@H]1NC(=O)c1sc2nccc3c2c1NC(=O)N3c1ccc(Oc2ccccc2)cc1. The van der Waals surface area contributed by atoms with Gasteiger partial charge in [-0.3, -0.25) is 14.5 Å². The smallest absolute Gasteiger partial charge is 0.331 e. The van der Waals surface area contributed by atoms with Gasteiger partial charge in [-0.25, -0.2) is 14.8 Å². The molecule has 2 N–H and O–H groups in total. The fourth-order valence-electron chi connectivity index (χ4n) is 4.98. The monoisotopic (exact) mass is 551 g/mol. The number of nitrogens with one attached hydrogen (secondary N) is 2. The molecule has 2 aromatic heterocycles. The van der Waals surface area contributed by atoms with Crippen molar-refractivity contribution in [3.05, 3.63) is 84.4 Å². The number of thiophene rings is 1. The molecular formula is C30H25N5O4S. The Morgan fingerprint density at radius 3 is 2.65 bits per heavy atom. The average Bonchev–Trinajstić information content (AvgIpc) is 3.35. The molecule has 0 bridgehead atoms. The lowest BCUT2D eigenvalue weighted by atomic mass is 9.93. The minimum absolute atomic E-state index is 0.342. The van der Waals surface area contributed by atoms with E-state index in [0.717, 1.165) is 24.7 Å². The Bertz CT molecular complexity index is 1660. The standard InChI is InChI=1S/C30H25N5O4S/c1-2-24(36)32-21-10-6-7-11-22(21)33-28(37)27-26-25-23(16-17-31-29(25)40-27)35(30(38)34-26)18-12-14-20(15-13-18)39-19-8-4-3-5-9-19/h2-5,8-9,12-17,22H,1,6-7,10-11H2,(H,33,37)(H,34,38)/t22-/m1/s1. The zero-order valence-electron chi connectivity index (χ0n) is 21.4. The number of para-hydroxylation sites is 1. The molecule has 0 unspecified atom stereocenters. The van der Waals surface area contributed by atoms with Crippen molar-refractivity contribution in [3.63, 3.8) is 0 Å². The van der Waals surface area contributed by atoms with Gasteiger partial charge in [0, 0.05) is 11.9 Å². The van der Waals surface area contributed by atoms with E-state index in [0.29, 0.717) is 56.5 Å². The minimum atomic E-state index is -0.422. The lowest BCUT2D eigenvalue weighted by molar-refractivity contribution is -0.113. The van der Waals surface area contributed by atoms with Gasteiger partial charge in [0.05, 0.1) is 28.5 Å². The summed E-state index contributed by atoms with van der Waals surface area (Å²) in [6.07, 6.45) is 5.93. The summed E-state index contributed by atoms with van der Waals surface area (Å²) in [5.74, 6) is 0.594. The second-order valence-electron chi connectivity index (χ2n) is 9.41. The van der Waals surface area contributed by atoms with Gasteiger partial charge < -0.3 is 15.4 Å². The van der Waals surface area contributed by atoms with Crippen molar-refractivity contribution < 1.29 is 19.1 Å². The Morgan fingerprint density at radius 1 is 1.10 bits per heavy atom. The van der Waals surface area contributed by atoms with Crippen LogP contribution in [0.25, 0.3) is 10.2 Å². The van der Waals surface area contributed by atoms with Crippen LogP contribution in [-0.2, 0) is 4.79 Å². The minimum Gasteiger partial charge on any atom is -0.457 e. The van der Waals surface area contributed by atoms with Crippen LogP contribution in [0.4, 0.5) is 21.9 Å². The normalized spacial score (nSPS) is 17.4. The molecule has 4 amide bonds. The number of aliphatic imine (C=N–C) groups is 1. The first-order valence-electron chi connectivity index (χ1n) is 12.9. The molecule has 0 radical (unpaired) electrons. The summed E-state index contributed by atoms with van der Waals surface area (Å²) < 4.78 is 5.88. The molecule has 0 saturated heterocycles. The summed E-state index contributed by atoms with van der Waals surface area (Å²) in [5.41, 5.74) is 2.35. The third-order valence-corrected chi connectivity index (χ3v) is 7.93. The molecule has 4 aromatic rings. The van der Waals surface area contributed by atoms with Crippen LogP contribution in [0.1, 0.15) is 35.4 Å². The zero-order chi connectivity index (χ0) is 27.6. The highest BCUT2D eigenvalue weighted by Crippen LogP contribution is 2.46. The first-order chi connectivity index (χ1) is 19.5. The third-order valence-electron chi connectivity index (χ3n) is 6.84. The van der Waals surface area contributed by atoms with Gasteiger partial charge in [0.15, 0.2) is 0 Å². The summed E-state index contributed by atoms with van der Waals surface area (Å²) in [4.78, 5) is 49.9. The molecule has 0 spiro atoms. The van der Waals surface area contributed by atoms with Crippen molar-refractivity contribution in [1.29, 1.82) is 0 Å². The highest BCUT2D eigenvalue weighted by atomic mass is 32.1. The number of anilines is 3. The molecule has 2 aromatic carbocycles. The molecule has 3 heterocycles. The maximum Gasteiger partial charge on any atom is 0.331 e. The van der Waals surface area contributed by atoms with Crippen LogP contribution in [-0.4, -0.2) is 34.6 Å². The van der Waals surface area contributed by atoms with Gasteiger partial charge in [0.2, 0.25) is 0 Å². The number of hydrogen-bond acceptors (Lipinski definition) is 6. The van der Waals surface area contributed by atoms with Crippen LogP contribution >= 0.6 is 11.3 Å². The van der Waals surface area contributed by atoms with Crippen molar-refractivity contribution >= 4 is 62.2 Å². The summed E-state index contributed by atoms with van der Waals surface area (Å²) in [6.45, 7) is 3.48. The Labute approximate surface area is 234 Å². The number of nitrogens with zero attached hydrogens (tertiary/aromatic N) is 3. The number of carbonyl (C=O) groups is 3. The number of benzene rings is 2. The van der Waals surface area contributed by atoms with Gasteiger partial charge in [-0.1, -0.05) is 31.2 Å². The highest BCUT2D eigenvalue weighted by Gasteiger charge is 2.34. The molecule has 9 nitrogen and oxygen atoms in total. The number of rotatable bonds is 6. The lowest BCUT2D eigenvalue weighted by Crippen LogP contribution is -2.43. The van der Waals surface area contributed by atoms with Gasteiger partial charge in [-0.2, -0.15) is 0 Å². The Balaban J connectivity index is 1.29. The predicted octanol–water partition coefficient (Wildman–Crippen LogP) is 6.60. The zero-order valence-corrected chi connectivity index (χ0v) is 22.2. The summed E-state index contributed by atoms with van der Waals surface area (Å²) in [7, 11) is 0. The number of amides is 4. The highest BCUT2D eigenvalue weighted by molar-refractivity contribution is 7.21. The maximum absolute atomic E-state index is 13.5. The molecule has 1 fully saturated rings. The van der Waals surface area contributed by atoms with Gasteiger partial charge in [-0.15, -0.1) is 11.3 Å². The van der Waals surface area contributed by atoms with Crippen molar-refractivity contribution in [2.24, 2.45) is 4.99 Å². The van der Waals surface area contributed by atoms with Gasteiger partial charge >= 0.3 is 6.03 Å². The topological polar surface area (TPSA) is 113 Å². The van der Waals surface area contributed by atoms with E-state index in [4.69, 9.17) is 4.74 Å². The van der Waals surface area contributed by atoms with Crippen LogP contribution in [0.2, 0.25) is 0 Å². The Morgan fingerprint density at radius 2 is 1.88 bits per heavy atom. The fraction of sp³-hybridized carbons (Fsp3) is 0.167. The van der Waals surface area contributed by atoms with Crippen LogP contribution in [0, 0.1) is 0 Å². The van der Waals surface area contributed by atoms with Crippen molar-refractivity contribution in [3.8, 4) is 11.5 Å². The molecule has 1 saturated carbocycles. The third kappa shape index (κ3) is 4.85. The molecule has 1 aliphatic carbocycles. The van der Waals surface area contributed by atoms with Gasteiger partial charge in [0.25, 0.3) is 11.8 Å². The van der Waals surface area contributed by atoms with E-state index in [-0.39, 0.29) is 18.0 Å². The molecule has 10 heteroatoms. The maximum atomic E-state index is 13.5. The van der Waals surface area contributed by atoms with Crippen LogP contribution in [0.5, 0.6) is 11.5 Å². The van der Waals surface area contributed by atoms with Crippen LogP contribution < -0.4 is 20.3 Å². The quantitative estimate of drug-likeness (QED) is 0.262. The lowest BCUT2D eigenvalue weighted by Gasteiger charge is -2.29. The average molecular weight is 552 g/mol. The molecule has 1 aliphatic heterocycles. The number of carbonyl (C=O) groups excluding carboxylic acids is 3. The predicted molar refractivity (Wildman–Crippen MR) is 156 cm³/mol. The van der Waals surface area contributed by atoms with Crippen LogP contribution in [0.3, 0.4) is 0 Å². The Kier molecular flexibility index (Phi) is 6.83. The second-order valence-corrected chi connectivity index (χ2v) is 10.4. The molecule has 1 atom stereocenters. The number of urea groups is 1. The van der Waals surface area contributed by atoms with Gasteiger partial charge in [0.1, 0.15) is 21.2 Å². The van der Waals surface area contributed by atoms with Crippen LogP contribution in [0.15, 0.2) is 84.5 Å². The van der Waals surface area contributed by atoms with E-state index in [9.17, 15) is 14.4 Å². The van der Waals surface area contributed by atoms with E-state index >= 15 is 0 Å². The molecular weight excluding hydrogens is 526 g/mol. The fourth-order valence-corrected chi connectivity index (χ4v) is 6.01. The van der Waals surface area contributed by atoms with E-state index in [1.165, 1.54) is 11.3 Å².